The second-order valence-corrected chi connectivity index (χ2v) is 9.59. The zero-order valence-corrected chi connectivity index (χ0v) is 19.6. The smallest absolute Gasteiger partial charge is 0.261 e. The van der Waals surface area contributed by atoms with Crippen LogP contribution in [0.15, 0.2) is 82.1 Å². The van der Waals surface area contributed by atoms with Crippen LogP contribution in [0, 0.1) is 13.8 Å². The van der Waals surface area contributed by atoms with Crippen molar-refractivity contribution in [3.8, 4) is 11.5 Å². The van der Waals surface area contributed by atoms with Crippen LogP contribution in [-0.4, -0.2) is 24.5 Å². The maximum Gasteiger partial charge on any atom is 0.261 e. The fraction of sp³-hybridized carbons (Fsp3) is 0.160. The lowest BCUT2D eigenvalue weighted by molar-refractivity contribution is -0.116. The van der Waals surface area contributed by atoms with Crippen LogP contribution in [-0.2, 0) is 21.2 Å². The van der Waals surface area contributed by atoms with Gasteiger partial charge in [-0.2, -0.15) is 0 Å². The Hall–Kier alpha value is -3.98. The second kappa shape index (κ2) is 9.88. The maximum atomic E-state index is 12.5. The zero-order chi connectivity index (χ0) is 24.1. The minimum Gasteiger partial charge on any atom is -0.421 e. The molecule has 0 bridgehead atoms. The first-order valence-corrected chi connectivity index (χ1v) is 12.2. The van der Waals surface area contributed by atoms with E-state index in [4.69, 9.17) is 4.42 Å². The van der Waals surface area contributed by atoms with Gasteiger partial charge < -0.3 is 9.73 Å². The van der Waals surface area contributed by atoms with Crippen LogP contribution in [0.25, 0.3) is 11.5 Å². The number of carbonyl (C=O) groups excluding carboxylic acids is 1. The van der Waals surface area contributed by atoms with E-state index in [1.165, 1.54) is 0 Å². The van der Waals surface area contributed by atoms with E-state index in [9.17, 15) is 13.2 Å². The van der Waals surface area contributed by atoms with Crippen molar-refractivity contribution in [1.82, 2.24) is 10.2 Å². The number of aromatic nitrogens is 2. The molecule has 0 aliphatic carbocycles. The molecule has 9 heteroatoms. The number of nitrogens with zero attached hydrogens (tertiary/aromatic N) is 2. The summed E-state index contributed by atoms with van der Waals surface area (Å²) in [7, 11) is -3.69. The Balaban J connectivity index is 1.30. The molecule has 4 aromatic rings. The molecule has 3 aromatic carbocycles. The highest BCUT2D eigenvalue weighted by Gasteiger charge is 2.14. The number of sulfonamides is 1. The van der Waals surface area contributed by atoms with Crippen LogP contribution in [0.1, 0.15) is 23.4 Å². The molecule has 174 valence electrons. The molecule has 4 rings (SSSR count). The summed E-state index contributed by atoms with van der Waals surface area (Å²) in [4.78, 5) is 12.5. The highest BCUT2D eigenvalue weighted by molar-refractivity contribution is 7.92. The average Bonchev–Trinajstić information content (AvgIpc) is 3.29. The lowest BCUT2D eigenvalue weighted by atomic mass is 10.1. The third kappa shape index (κ3) is 5.87. The molecular weight excluding hydrogens is 452 g/mol. The maximum absolute atomic E-state index is 12.5. The molecule has 0 radical (unpaired) electrons. The molecular formula is C25H24N4O4S. The van der Waals surface area contributed by atoms with Gasteiger partial charge in [0.05, 0.1) is 4.90 Å². The summed E-state index contributed by atoms with van der Waals surface area (Å²) < 4.78 is 33.2. The van der Waals surface area contributed by atoms with Crippen molar-refractivity contribution in [3.05, 3.63) is 89.8 Å². The van der Waals surface area contributed by atoms with Gasteiger partial charge in [0.2, 0.25) is 17.7 Å². The van der Waals surface area contributed by atoms with Crippen LogP contribution in [0.2, 0.25) is 0 Å². The van der Waals surface area contributed by atoms with Crippen molar-refractivity contribution >= 4 is 27.3 Å². The normalized spacial score (nSPS) is 11.2. The standard InChI is InChI=1S/C25H24N4O4S/c1-17-3-7-19(8-4-17)25-28-27-24(33-25)16-15-23(30)26-20-9-11-21(12-10-20)29-34(31,32)22-13-5-18(2)6-14-22/h3-14,29H,15-16H2,1-2H3,(H,26,30). The Labute approximate surface area is 198 Å². The minimum atomic E-state index is -3.69. The van der Waals surface area contributed by atoms with Crippen LogP contribution in [0.5, 0.6) is 0 Å². The average molecular weight is 477 g/mol. The lowest BCUT2D eigenvalue weighted by Crippen LogP contribution is -2.14. The molecule has 1 aromatic heterocycles. The largest absolute Gasteiger partial charge is 0.421 e. The van der Waals surface area contributed by atoms with E-state index in [0.29, 0.717) is 29.6 Å². The van der Waals surface area contributed by atoms with Gasteiger partial charge in [0.15, 0.2) is 0 Å². The van der Waals surface area contributed by atoms with Gasteiger partial charge >= 0.3 is 0 Å². The van der Waals surface area contributed by atoms with Gasteiger partial charge in [-0.05, 0) is 62.4 Å². The van der Waals surface area contributed by atoms with E-state index in [-0.39, 0.29) is 17.2 Å². The monoisotopic (exact) mass is 476 g/mol. The SMILES string of the molecule is Cc1ccc(-c2nnc(CCC(=O)Nc3ccc(NS(=O)(=O)c4ccc(C)cc4)cc3)o2)cc1. The number of anilines is 2. The summed E-state index contributed by atoms with van der Waals surface area (Å²) in [6.07, 6.45) is 0.469. The van der Waals surface area contributed by atoms with Crippen LogP contribution in [0.4, 0.5) is 11.4 Å². The molecule has 34 heavy (non-hydrogen) atoms. The van der Waals surface area contributed by atoms with Gasteiger partial charge in [-0.3, -0.25) is 9.52 Å². The molecule has 2 N–H and O–H groups in total. The van der Waals surface area contributed by atoms with Gasteiger partial charge in [-0.15, -0.1) is 10.2 Å². The van der Waals surface area contributed by atoms with Crippen molar-refractivity contribution in [2.24, 2.45) is 0 Å². The molecule has 1 amide bonds. The molecule has 0 aliphatic rings. The molecule has 0 saturated carbocycles. The highest BCUT2D eigenvalue weighted by Crippen LogP contribution is 2.20. The molecule has 0 atom stereocenters. The van der Waals surface area contributed by atoms with Crippen LogP contribution >= 0.6 is 0 Å². The van der Waals surface area contributed by atoms with E-state index in [1.54, 1.807) is 48.5 Å². The molecule has 0 aliphatic heterocycles. The van der Waals surface area contributed by atoms with Crippen LogP contribution in [0.3, 0.4) is 0 Å². The predicted molar refractivity (Wildman–Crippen MR) is 130 cm³/mol. The quantitative estimate of drug-likeness (QED) is 0.380. The van der Waals surface area contributed by atoms with E-state index in [0.717, 1.165) is 16.7 Å². The predicted octanol–water partition coefficient (Wildman–Crippen LogP) is 4.73. The van der Waals surface area contributed by atoms with Gasteiger partial charge in [-0.25, -0.2) is 8.42 Å². The first-order chi connectivity index (χ1) is 16.3. The van der Waals surface area contributed by atoms with E-state index in [1.807, 2.05) is 38.1 Å². The van der Waals surface area contributed by atoms with Gasteiger partial charge in [0.1, 0.15) is 0 Å². The lowest BCUT2D eigenvalue weighted by Gasteiger charge is -2.10. The van der Waals surface area contributed by atoms with Gasteiger partial charge in [0.25, 0.3) is 10.0 Å². The summed E-state index contributed by atoms with van der Waals surface area (Å²) in [6.45, 7) is 3.89. The molecule has 0 fully saturated rings. The second-order valence-electron chi connectivity index (χ2n) is 7.91. The number of benzene rings is 3. The highest BCUT2D eigenvalue weighted by atomic mass is 32.2. The van der Waals surface area contributed by atoms with Gasteiger partial charge in [-0.1, -0.05) is 35.4 Å². The van der Waals surface area contributed by atoms with E-state index < -0.39 is 10.0 Å². The van der Waals surface area contributed by atoms with Crippen molar-refractivity contribution in [2.75, 3.05) is 10.0 Å². The zero-order valence-electron chi connectivity index (χ0n) is 18.8. The van der Waals surface area contributed by atoms with E-state index >= 15 is 0 Å². The Morgan fingerprint density at radius 2 is 1.41 bits per heavy atom. The third-order valence-electron chi connectivity index (χ3n) is 5.08. The van der Waals surface area contributed by atoms with Crippen molar-refractivity contribution < 1.29 is 17.6 Å². The first-order valence-electron chi connectivity index (χ1n) is 10.7. The fourth-order valence-corrected chi connectivity index (χ4v) is 4.22. The first kappa shape index (κ1) is 23.2. The third-order valence-corrected chi connectivity index (χ3v) is 6.48. The van der Waals surface area contributed by atoms with Crippen molar-refractivity contribution in [3.63, 3.8) is 0 Å². The fourth-order valence-electron chi connectivity index (χ4n) is 3.16. The Morgan fingerprint density at radius 3 is 2.06 bits per heavy atom. The van der Waals surface area contributed by atoms with Crippen LogP contribution < -0.4 is 10.0 Å². The number of carbonyl (C=O) groups is 1. The summed E-state index contributed by atoms with van der Waals surface area (Å²) in [5.74, 6) is 0.578. The Bertz CT molecular complexity index is 1380. The number of hydrogen-bond acceptors (Lipinski definition) is 6. The molecule has 0 spiro atoms. The van der Waals surface area contributed by atoms with Crippen molar-refractivity contribution in [2.45, 2.75) is 31.6 Å². The number of hydrogen-bond donors (Lipinski definition) is 2. The Kier molecular flexibility index (Phi) is 6.74. The number of rotatable bonds is 8. The summed E-state index contributed by atoms with van der Waals surface area (Å²) >= 11 is 0. The number of aryl methyl sites for hydroxylation is 3. The van der Waals surface area contributed by atoms with Gasteiger partial charge in [0, 0.05) is 29.8 Å². The molecule has 8 nitrogen and oxygen atoms in total. The minimum absolute atomic E-state index is 0.164. The summed E-state index contributed by atoms with van der Waals surface area (Å²) in [6, 6.07) is 20.8. The summed E-state index contributed by atoms with van der Waals surface area (Å²) in [5, 5.41) is 10.8. The molecule has 1 heterocycles. The number of amides is 1. The van der Waals surface area contributed by atoms with E-state index in [2.05, 4.69) is 20.2 Å². The van der Waals surface area contributed by atoms with Crippen molar-refractivity contribution in [1.29, 1.82) is 0 Å². The number of nitrogens with one attached hydrogen (secondary N) is 2. The molecule has 0 unspecified atom stereocenters. The molecule has 0 saturated heterocycles. The summed E-state index contributed by atoms with van der Waals surface area (Å²) in [5.41, 5.74) is 3.89. The Morgan fingerprint density at radius 1 is 0.824 bits per heavy atom. The topological polar surface area (TPSA) is 114 Å².